The smallest absolute Gasteiger partial charge is 0.341 e. The number of amides is 1. The Kier molecular flexibility index (Phi) is 4.26. The number of ether oxygens (including phenoxy) is 1. The number of carboxylic acid groups (broad SMARTS) is 2. The highest BCUT2D eigenvalue weighted by atomic mass is 16.5. The monoisotopic (exact) mass is 320 g/mol. The molecule has 2 aromatic rings. The number of nitrogens with one attached hydrogen (secondary N) is 2. The SMILES string of the molecule is COc1ccc2[nH]cc(CC(NC(C)=O)(C(=O)O)C(=O)O)c2c1. The summed E-state index contributed by atoms with van der Waals surface area (Å²) in [4.78, 5) is 37.3. The molecule has 0 aliphatic rings. The number of aromatic nitrogens is 1. The fraction of sp³-hybridized carbons (Fsp3) is 0.267. The van der Waals surface area contributed by atoms with Crippen molar-refractivity contribution in [3.8, 4) is 5.75 Å². The van der Waals surface area contributed by atoms with Crippen LogP contribution in [0, 0.1) is 0 Å². The fourth-order valence-electron chi connectivity index (χ4n) is 2.41. The van der Waals surface area contributed by atoms with Gasteiger partial charge in [0.1, 0.15) is 5.75 Å². The van der Waals surface area contributed by atoms with Gasteiger partial charge < -0.3 is 25.3 Å². The van der Waals surface area contributed by atoms with E-state index < -0.39 is 29.8 Å². The summed E-state index contributed by atoms with van der Waals surface area (Å²) in [6.07, 6.45) is 1.11. The van der Waals surface area contributed by atoms with Gasteiger partial charge in [-0.1, -0.05) is 0 Å². The minimum atomic E-state index is -2.44. The second-order valence-corrected chi connectivity index (χ2v) is 5.10. The molecule has 0 unspecified atom stereocenters. The van der Waals surface area contributed by atoms with Crippen LogP contribution < -0.4 is 10.1 Å². The van der Waals surface area contributed by atoms with Crippen LogP contribution in [-0.4, -0.2) is 45.7 Å². The Bertz CT molecular complexity index is 765. The van der Waals surface area contributed by atoms with E-state index in [1.165, 1.54) is 13.3 Å². The Morgan fingerprint density at radius 1 is 1.26 bits per heavy atom. The standard InChI is InChI=1S/C15H16N2O6/c1-8(18)17-15(13(19)20,14(21)22)6-9-7-16-12-4-3-10(23-2)5-11(9)12/h3-5,7,16H,6H2,1-2H3,(H,17,18)(H,19,20)(H,21,22). The number of fused-ring (bicyclic) bond motifs is 1. The Labute approximate surface area is 131 Å². The number of hydrogen-bond acceptors (Lipinski definition) is 4. The molecule has 0 aliphatic heterocycles. The van der Waals surface area contributed by atoms with Crippen molar-refractivity contribution in [1.82, 2.24) is 10.3 Å². The van der Waals surface area contributed by atoms with Crippen LogP contribution >= 0.6 is 0 Å². The summed E-state index contributed by atoms with van der Waals surface area (Å²) in [5.41, 5.74) is -1.30. The molecule has 8 nitrogen and oxygen atoms in total. The first kappa shape index (κ1) is 16.3. The van der Waals surface area contributed by atoms with Crippen LogP contribution in [0.15, 0.2) is 24.4 Å². The third kappa shape index (κ3) is 2.96. The fourth-order valence-corrected chi connectivity index (χ4v) is 2.41. The number of aromatic amines is 1. The zero-order valence-corrected chi connectivity index (χ0v) is 12.5. The summed E-state index contributed by atoms with van der Waals surface area (Å²) in [7, 11) is 1.49. The lowest BCUT2D eigenvalue weighted by Crippen LogP contribution is -2.61. The molecule has 122 valence electrons. The molecule has 0 bridgehead atoms. The van der Waals surface area contributed by atoms with Gasteiger partial charge in [-0.05, 0) is 23.8 Å². The molecule has 1 aromatic heterocycles. The highest BCUT2D eigenvalue weighted by Gasteiger charge is 2.48. The number of benzene rings is 1. The van der Waals surface area contributed by atoms with E-state index in [1.54, 1.807) is 18.2 Å². The lowest BCUT2D eigenvalue weighted by molar-refractivity contribution is -0.161. The van der Waals surface area contributed by atoms with Crippen molar-refractivity contribution >= 4 is 28.7 Å². The van der Waals surface area contributed by atoms with Crippen molar-refractivity contribution in [2.45, 2.75) is 18.9 Å². The van der Waals surface area contributed by atoms with E-state index >= 15 is 0 Å². The first-order valence-electron chi connectivity index (χ1n) is 6.69. The van der Waals surface area contributed by atoms with E-state index in [9.17, 15) is 24.6 Å². The van der Waals surface area contributed by atoms with E-state index in [-0.39, 0.29) is 0 Å². The predicted octanol–water partition coefficient (Wildman–Crippen LogP) is 0.763. The molecule has 0 fully saturated rings. The van der Waals surface area contributed by atoms with Gasteiger partial charge in [-0.25, -0.2) is 9.59 Å². The predicted molar refractivity (Wildman–Crippen MR) is 80.4 cm³/mol. The average Bonchev–Trinajstić information content (AvgIpc) is 2.87. The maximum atomic E-state index is 11.6. The molecule has 1 aromatic carbocycles. The molecule has 8 heteroatoms. The first-order chi connectivity index (χ1) is 10.8. The van der Waals surface area contributed by atoms with E-state index in [0.29, 0.717) is 22.2 Å². The van der Waals surface area contributed by atoms with Crippen molar-refractivity contribution in [1.29, 1.82) is 0 Å². The van der Waals surface area contributed by atoms with E-state index in [1.807, 2.05) is 5.32 Å². The molecule has 4 N–H and O–H groups in total. The van der Waals surface area contributed by atoms with Gasteiger partial charge in [0, 0.05) is 30.4 Å². The molecule has 23 heavy (non-hydrogen) atoms. The summed E-state index contributed by atoms with van der Waals surface area (Å²) in [5.74, 6) is -3.48. The molecule has 0 saturated heterocycles. The lowest BCUT2D eigenvalue weighted by Gasteiger charge is -2.25. The average molecular weight is 320 g/mol. The van der Waals surface area contributed by atoms with Gasteiger partial charge >= 0.3 is 11.9 Å². The van der Waals surface area contributed by atoms with Crippen LogP contribution in [0.4, 0.5) is 0 Å². The van der Waals surface area contributed by atoms with Crippen LogP contribution in [0.5, 0.6) is 5.75 Å². The first-order valence-corrected chi connectivity index (χ1v) is 6.69. The molecule has 2 rings (SSSR count). The number of carbonyl (C=O) groups excluding carboxylic acids is 1. The van der Waals surface area contributed by atoms with Crippen LogP contribution in [0.2, 0.25) is 0 Å². The van der Waals surface area contributed by atoms with E-state index in [4.69, 9.17) is 4.74 Å². The molecule has 0 spiro atoms. The van der Waals surface area contributed by atoms with Crippen LogP contribution in [0.25, 0.3) is 10.9 Å². The summed E-state index contributed by atoms with van der Waals surface area (Å²) in [6.45, 7) is 1.07. The zero-order valence-electron chi connectivity index (χ0n) is 12.5. The number of carboxylic acids is 2. The van der Waals surface area contributed by atoms with Gasteiger partial charge in [0.25, 0.3) is 0 Å². The maximum absolute atomic E-state index is 11.6. The van der Waals surface area contributed by atoms with E-state index in [2.05, 4.69) is 4.98 Å². The van der Waals surface area contributed by atoms with Gasteiger partial charge in [0.2, 0.25) is 11.4 Å². The normalized spacial score (nSPS) is 11.2. The Morgan fingerprint density at radius 3 is 2.43 bits per heavy atom. The van der Waals surface area contributed by atoms with Crippen molar-refractivity contribution in [3.05, 3.63) is 30.0 Å². The topological polar surface area (TPSA) is 129 Å². The van der Waals surface area contributed by atoms with Crippen LogP contribution in [0.3, 0.4) is 0 Å². The summed E-state index contributed by atoms with van der Waals surface area (Å²) in [6, 6.07) is 5.13. The van der Waals surface area contributed by atoms with Crippen LogP contribution in [0.1, 0.15) is 12.5 Å². The number of hydrogen-bond donors (Lipinski definition) is 4. The van der Waals surface area contributed by atoms with Crippen molar-refractivity contribution < 1.29 is 29.3 Å². The van der Waals surface area contributed by atoms with Gasteiger partial charge in [0.05, 0.1) is 7.11 Å². The molecule has 0 aliphatic carbocycles. The van der Waals surface area contributed by atoms with Gasteiger partial charge in [0.15, 0.2) is 0 Å². The molecule has 0 radical (unpaired) electrons. The summed E-state index contributed by atoms with van der Waals surface area (Å²) < 4.78 is 5.12. The summed E-state index contributed by atoms with van der Waals surface area (Å²) in [5, 5.41) is 21.4. The Morgan fingerprint density at radius 2 is 1.91 bits per heavy atom. The largest absolute Gasteiger partial charge is 0.497 e. The molecule has 0 saturated carbocycles. The summed E-state index contributed by atoms with van der Waals surface area (Å²) >= 11 is 0. The van der Waals surface area contributed by atoms with E-state index in [0.717, 1.165) is 6.92 Å². The molecular weight excluding hydrogens is 304 g/mol. The Balaban J connectivity index is 2.53. The second-order valence-electron chi connectivity index (χ2n) is 5.10. The van der Waals surface area contributed by atoms with Gasteiger partial charge in [-0.3, -0.25) is 4.79 Å². The minimum Gasteiger partial charge on any atom is -0.497 e. The molecule has 1 heterocycles. The van der Waals surface area contributed by atoms with Gasteiger partial charge in [-0.2, -0.15) is 0 Å². The van der Waals surface area contributed by atoms with Crippen molar-refractivity contribution in [2.24, 2.45) is 0 Å². The van der Waals surface area contributed by atoms with Crippen molar-refractivity contribution in [2.75, 3.05) is 7.11 Å². The highest BCUT2D eigenvalue weighted by molar-refractivity contribution is 6.07. The third-order valence-corrected chi connectivity index (χ3v) is 3.55. The number of carbonyl (C=O) groups is 3. The lowest BCUT2D eigenvalue weighted by atomic mass is 9.90. The van der Waals surface area contributed by atoms with Crippen LogP contribution in [-0.2, 0) is 20.8 Å². The number of rotatable bonds is 6. The minimum absolute atomic E-state index is 0.412. The number of H-pyrrole nitrogens is 1. The molecule has 0 atom stereocenters. The quantitative estimate of drug-likeness (QED) is 0.582. The number of aliphatic carboxylic acids is 2. The highest BCUT2D eigenvalue weighted by Crippen LogP contribution is 2.27. The third-order valence-electron chi connectivity index (χ3n) is 3.55. The Hall–Kier alpha value is -3.03. The molecule has 1 amide bonds. The van der Waals surface area contributed by atoms with Gasteiger partial charge in [-0.15, -0.1) is 0 Å². The second kappa shape index (κ2) is 5.99. The number of methoxy groups -OCH3 is 1. The molecular formula is C15H16N2O6. The van der Waals surface area contributed by atoms with Crippen molar-refractivity contribution in [3.63, 3.8) is 0 Å². The zero-order chi connectivity index (χ0) is 17.2. The maximum Gasteiger partial charge on any atom is 0.341 e.